The fraction of sp³-hybridized carbons (Fsp3) is 0. The lowest BCUT2D eigenvalue weighted by atomic mass is 10.2. The van der Waals surface area contributed by atoms with Crippen LogP contribution in [0.1, 0.15) is 5.56 Å². The van der Waals surface area contributed by atoms with E-state index < -0.39 is 10.1 Å². The van der Waals surface area contributed by atoms with Crippen molar-refractivity contribution in [2.45, 2.75) is 0 Å². The molecule has 0 unspecified atom stereocenters. The first-order valence-corrected chi connectivity index (χ1v) is 7.70. The van der Waals surface area contributed by atoms with E-state index >= 15 is 0 Å². The zero-order valence-electron chi connectivity index (χ0n) is 9.86. The molecule has 2 aromatic rings. The highest BCUT2D eigenvalue weighted by atomic mass is 79.9. The Labute approximate surface area is 120 Å². The Morgan fingerprint density at radius 1 is 0.947 bits per heavy atom. The van der Waals surface area contributed by atoms with Crippen molar-refractivity contribution in [1.82, 2.24) is 0 Å². The molecule has 2 rings (SSSR count). The molecule has 0 aliphatic heterocycles. The maximum Gasteiger partial charge on any atom is 0.345 e. The minimum atomic E-state index is -3.83. The van der Waals surface area contributed by atoms with Gasteiger partial charge in [0.05, 0.1) is 0 Å². The molecule has 0 N–H and O–H groups in total. The molecule has 98 valence electrons. The number of halogens is 1. The number of rotatable bonds is 4. The first-order valence-electron chi connectivity index (χ1n) is 5.50. The first kappa shape index (κ1) is 13.8. The van der Waals surface area contributed by atoms with Crippen molar-refractivity contribution in [3.05, 3.63) is 70.0 Å². The molecule has 5 heteroatoms. The lowest BCUT2D eigenvalue weighted by Gasteiger charge is -2.05. The van der Waals surface area contributed by atoms with Crippen LogP contribution in [0.3, 0.4) is 0 Å². The van der Waals surface area contributed by atoms with E-state index in [1.807, 2.05) is 18.2 Å². The van der Waals surface area contributed by atoms with Gasteiger partial charge in [-0.3, -0.25) is 0 Å². The van der Waals surface area contributed by atoms with E-state index in [1.165, 1.54) is 6.08 Å². The number of hydrogen-bond donors (Lipinski definition) is 0. The van der Waals surface area contributed by atoms with E-state index in [9.17, 15) is 8.42 Å². The molecule has 3 nitrogen and oxygen atoms in total. The average Bonchev–Trinajstić information content (AvgIpc) is 2.40. The second-order valence-corrected chi connectivity index (χ2v) is 6.60. The van der Waals surface area contributed by atoms with Gasteiger partial charge in [-0.2, -0.15) is 8.42 Å². The predicted octanol–water partition coefficient (Wildman–Crippen LogP) is 3.79. The van der Waals surface area contributed by atoms with Crippen molar-refractivity contribution in [2.24, 2.45) is 0 Å². The van der Waals surface area contributed by atoms with Crippen LogP contribution in [0.4, 0.5) is 0 Å². The Bertz CT molecular complexity index is 664. The largest absolute Gasteiger partial charge is 0.379 e. The van der Waals surface area contributed by atoms with Crippen molar-refractivity contribution in [1.29, 1.82) is 0 Å². The second-order valence-electron chi connectivity index (χ2n) is 3.71. The minimum Gasteiger partial charge on any atom is -0.379 e. The second kappa shape index (κ2) is 6.04. The fourth-order valence-electron chi connectivity index (χ4n) is 1.40. The molecule has 0 saturated heterocycles. The molecule has 0 atom stereocenters. The summed E-state index contributed by atoms with van der Waals surface area (Å²) >= 11 is 3.04. The van der Waals surface area contributed by atoms with Gasteiger partial charge in [0.25, 0.3) is 0 Å². The van der Waals surface area contributed by atoms with Gasteiger partial charge in [0.1, 0.15) is 9.56 Å². The topological polar surface area (TPSA) is 43.4 Å². The first-order chi connectivity index (χ1) is 9.08. The number of hydrogen-bond acceptors (Lipinski definition) is 3. The lowest BCUT2D eigenvalue weighted by molar-refractivity contribution is 0.496. The molecule has 0 aromatic heterocycles. The van der Waals surface area contributed by atoms with Gasteiger partial charge in [-0.15, -0.1) is 0 Å². The summed E-state index contributed by atoms with van der Waals surface area (Å²) in [5.74, 6) is 0.279. The van der Waals surface area contributed by atoms with Crippen LogP contribution in [0, 0.1) is 0 Å². The third-order valence-electron chi connectivity index (χ3n) is 2.27. The van der Waals surface area contributed by atoms with Crippen molar-refractivity contribution < 1.29 is 12.6 Å². The zero-order chi connectivity index (χ0) is 13.7. The summed E-state index contributed by atoms with van der Waals surface area (Å²) in [5, 5.41) is 0. The van der Waals surface area contributed by atoms with E-state index in [2.05, 4.69) is 15.9 Å². The van der Waals surface area contributed by atoms with Gasteiger partial charge in [0.15, 0.2) is 0 Å². The maximum absolute atomic E-state index is 12.0. The average molecular weight is 339 g/mol. The van der Waals surface area contributed by atoms with Crippen molar-refractivity contribution in [3.63, 3.8) is 0 Å². The van der Waals surface area contributed by atoms with Crippen LogP contribution >= 0.6 is 15.9 Å². The van der Waals surface area contributed by atoms with Crippen LogP contribution in [0.5, 0.6) is 5.75 Å². The summed E-state index contributed by atoms with van der Waals surface area (Å²) in [6.07, 6.45) is 1.50. The van der Waals surface area contributed by atoms with Gasteiger partial charge in [0, 0.05) is 0 Å². The van der Waals surface area contributed by atoms with Crippen LogP contribution in [0.25, 0.3) is 6.08 Å². The van der Waals surface area contributed by atoms with Gasteiger partial charge in [-0.25, -0.2) is 0 Å². The Hall–Kier alpha value is -1.59. The SMILES string of the molecule is O=S(=O)(Oc1ccccc1)/C(Br)=C/c1ccccc1. The van der Waals surface area contributed by atoms with Crippen LogP contribution in [0.15, 0.2) is 64.5 Å². The van der Waals surface area contributed by atoms with E-state index in [0.29, 0.717) is 0 Å². The van der Waals surface area contributed by atoms with E-state index in [-0.39, 0.29) is 9.56 Å². The Morgan fingerprint density at radius 3 is 2.05 bits per heavy atom. The number of para-hydroxylation sites is 1. The van der Waals surface area contributed by atoms with Crippen LogP contribution in [0.2, 0.25) is 0 Å². The molecule has 0 spiro atoms. The molecule has 0 saturated carbocycles. The maximum atomic E-state index is 12.0. The highest BCUT2D eigenvalue weighted by Gasteiger charge is 2.17. The van der Waals surface area contributed by atoms with Gasteiger partial charge in [-0.05, 0) is 39.7 Å². The highest BCUT2D eigenvalue weighted by Crippen LogP contribution is 2.22. The van der Waals surface area contributed by atoms with Crippen molar-refractivity contribution >= 4 is 32.1 Å². The van der Waals surface area contributed by atoms with E-state index in [4.69, 9.17) is 4.18 Å². The Morgan fingerprint density at radius 2 is 1.47 bits per heavy atom. The molecular formula is C14H11BrO3S. The third-order valence-corrected chi connectivity index (χ3v) is 4.69. The molecule has 2 aromatic carbocycles. The fourth-order valence-corrected chi connectivity index (χ4v) is 2.58. The molecule has 0 fully saturated rings. The lowest BCUT2D eigenvalue weighted by Crippen LogP contribution is -2.08. The normalized spacial score (nSPS) is 12.2. The van der Waals surface area contributed by atoms with Gasteiger partial charge < -0.3 is 4.18 Å². The highest BCUT2D eigenvalue weighted by molar-refractivity contribution is 9.13. The molecule has 0 heterocycles. The van der Waals surface area contributed by atoms with Crippen LogP contribution < -0.4 is 4.18 Å². The van der Waals surface area contributed by atoms with Crippen LogP contribution in [-0.4, -0.2) is 8.42 Å². The molecule has 0 bridgehead atoms. The summed E-state index contributed by atoms with van der Waals surface area (Å²) < 4.78 is 28.9. The number of benzene rings is 2. The molecule has 0 aliphatic rings. The Kier molecular flexibility index (Phi) is 4.39. The zero-order valence-corrected chi connectivity index (χ0v) is 12.3. The van der Waals surface area contributed by atoms with E-state index in [0.717, 1.165) is 5.56 Å². The third kappa shape index (κ3) is 3.94. The Balaban J connectivity index is 2.23. The molecule has 0 radical (unpaired) electrons. The monoisotopic (exact) mass is 338 g/mol. The minimum absolute atomic E-state index is 0.0185. The summed E-state index contributed by atoms with van der Waals surface area (Å²) in [7, 11) is -3.83. The van der Waals surface area contributed by atoms with Gasteiger partial charge in [-0.1, -0.05) is 48.5 Å². The summed E-state index contributed by atoms with van der Waals surface area (Å²) in [6, 6.07) is 17.5. The smallest absolute Gasteiger partial charge is 0.345 e. The van der Waals surface area contributed by atoms with Gasteiger partial charge in [0.2, 0.25) is 0 Å². The molecule has 0 amide bonds. The molecule has 19 heavy (non-hydrogen) atoms. The quantitative estimate of drug-likeness (QED) is 0.796. The molecule has 0 aliphatic carbocycles. The summed E-state index contributed by atoms with van der Waals surface area (Å²) in [6.45, 7) is 0. The van der Waals surface area contributed by atoms with E-state index in [1.54, 1.807) is 42.5 Å². The standard InChI is InChI=1S/C14H11BrO3S/c15-14(11-12-7-3-1-4-8-12)19(16,17)18-13-9-5-2-6-10-13/h1-11H/b14-11+. The molecular weight excluding hydrogens is 328 g/mol. The summed E-state index contributed by atoms with van der Waals surface area (Å²) in [4.78, 5) is 0. The van der Waals surface area contributed by atoms with Crippen molar-refractivity contribution in [2.75, 3.05) is 0 Å². The van der Waals surface area contributed by atoms with Crippen LogP contribution in [-0.2, 0) is 10.1 Å². The predicted molar refractivity (Wildman–Crippen MR) is 79.3 cm³/mol. The van der Waals surface area contributed by atoms with Gasteiger partial charge >= 0.3 is 10.1 Å². The summed E-state index contributed by atoms with van der Waals surface area (Å²) in [5.41, 5.74) is 0.773. The van der Waals surface area contributed by atoms with Crippen molar-refractivity contribution in [3.8, 4) is 5.75 Å².